The van der Waals surface area contributed by atoms with E-state index in [9.17, 15) is 13.5 Å². The molecule has 1 aromatic rings. The van der Waals surface area contributed by atoms with E-state index < -0.39 is 10.0 Å². The minimum atomic E-state index is -3.47. The van der Waals surface area contributed by atoms with Crippen LogP contribution in [0.15, 0.2) is 29.7 Å². The first-order valence-electron chi connectivity index (χ1n) is 6.09. The highest BCUT2D eigenvalue weighted by atomic mass is 35.5. The second kappa shape index (κ2) is 6.05. The summed E-state index contributed by atoms with van der Waals surface area (Å²) >= 11 is 5.76. The fourth-order valence-corrected chi connectivity index (χ4v) is 3.73. The van der Waals surface area contributed by atoms with E-state index in [2.05, 4.69) is 0 Å². The molecule has 104 valence electrons. The van der Waals surface area contributed by atoms with Crippen molar-refractivity contribution in [3.63, 3.8) is 0 Å². The monoisotopic (exact) mass is 301 g/mol. The molecule has 1 saturated heterocycles. The van der Waals surface area contributed by atoms with Crippen molar-refractivity contribution in [1.29, 1.82) is 0 Å². The molecule has 1 atom stereocenters. The standard InChI is InChI=1S/C13H16ClNO3S/c14-12-5-3-11(4-6-12)7-9-19(17,18)15-8-1-2-13(15)10-16/h3-7,9,13,16H,1-2,8,10H2/b9-7+. The molecule has 0 saturated carbocycles. The summed E-state index contributed by atoms with van der Waals surface area (Å²) in [6, 6.07) is 6.63. The van der Waals surface area contributed by atoms with Gasteiger partial charge in [0, 0.05) is 23.0 Å². The van der Waals surface area contributed by atoms with Crippen LogP contribution >= 0.6 is 11.6 Å². The minimum absolute atomic E-state index is 0.131. The highest BCUT2D eigenvalue weighted by molar-refractivity contribution is 7.92. The van der Waals surface area contributed by atoms with Crippen LogP contribution in [0.4, 0.5) is 0 Å². The van der Waals surface area contributed by atoms with E-state index in [0.29, 0.717) is 18.0 Å². The van der Waals surface area contributed by atoms with Gasteiger partial charge in [-0.2, -0.15) is 4.31 Å². The van der Waals surface area contributed by atoms with Crippen molar-refractivity contribution in [2.45, 2.75) is 18.9 Å². The molecule has 2 rings (SSSR count). The summed E-state index contributed by atoms with van der Waals surface area (Å²) in [5.41, 5.74) is 0.771. The van der Waals surface area contributed by atoms with Gasteiger partial charge in [-0.3, -0.25) is 0 Å². The Labute approximate surface area is 118 Å². The molecule has 1 fully saturated rings. The molecule has 1 aliphatic heterocycles. The maximum atomic E-state index is 12.1. The first kappa shape index (κ1) is 14.5. The van der Waals surface area contributed by atoms with Crippen molar-refractivity contribution in [1.82, 2.24) is 4.31 Å². The van der Waals surface area contributed by atoms with E-state index in [4.69, 9.17) is 11.6 Å². The van der Waals surface area contributed by atoms with Crippen LogP contribution in [0.5, 0.6) is 0 Å². The zero-order chi connectivity index (χ0) is 13.9. The van der Waals surface area contributed by atoms with Gasteiger partial charge in [0.2, 0.25) is 10.0 Å². The zero-order valence-electron chi connectivity index (χ0n) is 10.4. The summed E-state index contributed by atoms with van der Waals surface area (Å²) in [6.45, 7) is 0.340. The Morgan fingerprint density at radius 2 is 2.05 bits per heavy atom. The van der Waals surface area contributed by atoms with Crippen LogP contribution in [-0.4, -0.2) is 37.0 Å². The lowest BCUT2D eigenvalue weighted by Gasteiger charge is -2.20. The highest BCUT2D eigenvalue weighted by Gasteiger charge is 2.31. The van der Waals surface area contributed by atoms with Gasteiger partial charge in [0.25, 0.3) is 0 Å². The fraction of sp³-hybridized carbons (Fsp3) is 0.385. The van der Waals surface area contributed by atoms with Crippen LogP contribution in [0.1, 0.15) is 18.4 Å². The Bertz CT molecular complexity index is 554. The minimum Gasteiger partial charge on any atom is -0.395 e. The predicted octanol–water partition coefficient (Wildman–Crippen LogP) is 2.10. The van der Waals surface area contributed by atoms with Crippen molar-refractivity contribution >= 4 is 27.7 Å². The molecule has 0 amide bonds. The molecule has 1 aliphatic rings. The molecule has 1 aromatic carbocycles. The Morgan fingerprint density at radius 3 is 2.68 bits per heavy atom. The van der Waals surface area contributed by atoms with Crippen LogP contribution in [0.25, 0.3) is 6.08 Å². The molecule has 0 spiro atoms. The Morgan fingerprint density at radius 1 is 1.37 bits per heavy atom. The summed E-state index contributed by atoms with van der Waals surface area (Å²) in [6.07, 6.45) is 3.04. The lowest BCUT2D eigenvalue weighted by molar-refractivity contribution is 0.214. The summed E-state index contributed by atoms with van der Waals surface area (Å²) in [7, 11) is -3.47. The van der Waals surface area contributed by atoms with Crippen molar-refractivity contribution in [3.05, 3.63) is 40.3 Å². The third-order valence-electron chi connectivity index (χ3n) is 3.16. The molecule has 19 heavy (non-hydrogen) atoms. The number of aliphatic hydroxyl groups is 1. The lowest BCUT2D eigenvalue weighted by atomic mass is 10.2. The molecular formula is C13H16ClNO3S. The van der Waals surface area contributed by atoms with Gasteiger partial charge in [-0.1, -0.05) is 23.7 Å². The SMILES string of the molecule is O=S(=O)(/C=C/c1ccc(Cl)cc1)N1CCCC1CO. The summed E-state index contributed by atoms with van der Waals surface area (Å²) in [4.78, 5) is 0. The second-order valence-electron chi connectivity index (χ2n) is 4.49. The number of nitrogens with zero attached hydrogens (tertiary/aromatic N) is 1. The molecular weight excluding hydrogens is 286 g/mol. The number of hydrogen-bond donors (Lipinski definition) is 1. The smallest absolute Gasteiger partial charge is 0.236 e. The van der Waals surface area contributed by atoms with Crippen LogP contribution in [0, 0.1) is 0 Å². The van der Waals surface area contributed by atoms with Gasteiger partial charge in [-0.15, -0.1) is 0 Å². The van der Waals surface area contributed by atoms with Crippen molar-refractivity contribution < 1.29 is 13.5 Å². The second-order valence-corrected chi connectivity index (χ2v) is 6.70. The highest BCUT2D eigenvalue weighted by Crippen LogP contribution is 2.22. The summed E-state index contributed by atoms with van der Waals surface area (Å²) in [5, 5.41) is 11.0. The molecule has 1 N–H and O–H groups in total. The molecule has 0 aliphatic carbocycles. The quantitative estimate of drug-likeness (QED) is 0.926. The number of halogens is 1. The Hall–Kier alpha value is -0.880. The maximum absolute atomic E-state index is 12.1. The van der Waals surface area contributed by atoms with E-state index in [1.165, 1.54) is 9.71 Å². The van der Waals surface area contributed by atoms with E-state index >= 15 is 0 Å². The largest absolute Gasteiger partial charge is 0.395 e. The van der Waals surface area contributed by atoms with Gasteiger partial charge >= 0.3 is 0 Å². The van der Waals surface area contributed by atoms with Gasteiger partial charge in [0.05, 0.1) is 6.61 Å². The first-order chi connectivity index (χ1) is 9.03. The normalized spacial score (nSPS) is 21.3. The van der Waals surface area contributed by atoms with Crippen LogP contribution in [0.3, 0.4) is 0 Å². The molecule has 0 radical (unpaired) electrons. The number of rotatable bonds is 4. The van der Waals surface area contributed by atoms with E-state index in [-0.39, 0.29) is 12.6 Å². The molecule has 1 unspecified atom stereocenters. The number of aliphatic hydroxyl groups excluding tert-OH is 1. The number of sulfonamides is 1. The summed E-state index contributed by atoms with van der Waals surface area (Å²) in [5.74, 6) is 0. The molecule has 0 aromatic heterocycles. The predicted molar refractivity (Wildman–Crippen MR) is 76.2 cm³/mol. The van der Waals surface area contributed by atoms with Gasteiger partial charge in [-0.25, -0.2) is 8.42 Å². The number of benzene rings is 1. The van der Waals surface area contributed by atoms with E-state index in [1.807, 2.05) is 0 Å². The van der Waals surface area contributed by atoms with Gasteiger partial charge < -0.3 is 5.11 Å². The third-order valence-corrected chi connectivity index (χ3v) is 5.03. The fourth-order valence-electron chi connectivity index (χ4n) is 2.14. The average Bonchev–Trinajstić information content (AvgIpc) is 2.87. The lowest BCUT2D eigenvalue weighted by Crippen LogP contribution is -2.36. The van der Waals surface area contributed by atoms with Crippen molar-refractivity contribution in [2.24, 2.45) is 0 Å². The average molecular weight is 302 g/mol. The Kier molecular flexibility index (Phi) is 4.62. The van der Waals surface area contributed by atoms with E-state index in [1.54, 1.807) is 30.3 Å². The maximum Gasteiger partial charge on any atom is 0.236 e. The van der Waals surface area contributed by atoms with Crippen LogP contribution < -0.4 is 0 Å². The molecule has 0 bridgehead atoms. The molecule has 4 nitrogen and oxygen atoms in total. The van der Waals surface area contributed by atoms with Gasteiger partial charge in [0.1, 0.15) is 0 Å². The number of hydrogen-bond acceptors (Lipinski definition) is 3. The van der Waals surface area contributed by atoms with E-state index in [0.717, 1.165) is 12.0 Å². The first-order valence-corrected chi connectivity index (χ1v) is 7.97. The van der Waals surface area contributed by atoms with Crippen molar-refractivity contribution in [2.75, 3.05) is 13.2 Å². The molecule has 6 heteroatoms. The van der Waals surface area contributed by atoms with Gasteiger partial charge in [0.15, 0.2) is 0 Å². The summed E-state index contributed by atoms with van der Waals surface area (Å²) < 4.78 is 25.6. The zero-order valence-corrected chi connectivity index (χ0v) is 11.9. The van der Waals surface area contributed by atoms with Crippen LogP contribution in [0.2, 0.25) is 5.02 Å². The Balaban J connectivity index is 2.14. The van der Waals surface area contributed by atoms with Crippen LogP contribution in [-0.2, 0) is 10.0 Å². The third kappa shape index (κ3) is 3.57. The topological polar surface area (TPSA) is 57.6 Å². The molecule has 1 heterocycles. The van der Waals surface area contributed by atoms with Crippen molar-refractivity contribution in [3.8, 4) is 0 Å². The van der Waals surface area contributed by atoms with Gasteiger partial charge in [-0.05, 0) is 36.6 Å².